The van der Waals surface area contributed by atoms with Crippen molar-refractivity contribution in [3.63, 3.8) is 0 Å². The number of carboxylic acids is 2. The van der Waals surface area contributed by atoms with Gasteiger partial charge in [0.05, 0.1) is 12.1 Å². The number of nitrogens with two attached hydrogens (primary N) is 1. The number of nitrogens with one attached hydrogen (secondary N) is 3. The van der Waals surface area contributed by atoms with E-state index in [1.54, 1.807) is 0 Å². The van der Waals surface area contributed by atoms with E-state index in [9.17, 15) is 29.1 Å². The van der Waals surface area contributed by atoms with E-state index < -0.39 is 66.4 Å². The van der Waals surface area contributed by atoms with Gasteiger partial charge < -0.3 is 37.0 Å². The molecule has 14 heteroatoms. The maximum Gasteiger partial charge on any atom is 0.327 e. The summed E-state index contributed by atoms with van der Waals surface area (Å²) in [5, 5.41) is 34.5. The lowest BCUT2D eigenvalue weighted by atomic mass is 10.1. The number of rotatable bonds is 15. The van der Waals surface area contributed by atoms with Crippen molar-refractivity contribution in [3.05, 3.63) is 0 Å². The van der Waals surface area contributed by atoms with Gasteiger partial charge in [-0.1, -0.05) is 0 Å². The van der Waals surface area contributed by atoms with Gasteiger partial charge in [0.15, 0.2) is 0 Å². The summed E-state index contributed by atoms with van der Waals surface area (Å²) in [5.41, 5.74) is 5.76. The van der Waals surface area contributed by atoms with Gasteiger partial charge in [0.1, 0.15) is 18.1 Å². The Hall–Kier alpha value is -2.03. The summed E-state index contributed by atoms with van der Waals surface area (Å²) in [6.07, 6.45) is 0.00437. The predicted molar refractivity (Wildman–Crippen MR) is 117 cm³/mol. The van der Waals surface area contributed by atoms with Gasteiger partial charge in [-0.25, -0.2) is 4.79 Å². The molecule has 0 rings (SSSR count). The standard InChI is InChI=1S/C17H30N4O8S2/c1-8(22)13(16(27)20-11(7-30)17(28)29)21-15(26)10(3-4-12(23)24)19-14(25)9(18)5-6-31-2/h8-11,13,22,30H,3-7,18H2,1-2H3,(H,19,25)(H,20,27)(H,21,26)(H,23,24)(H,28,29). The minimum absolute atomic E-state index is 0.229. The number of hydrogen-bond donors (Lipinski definition) is 8. The molecule has 0 fully saturated rings. The van der Waals surface area contributed by atoms with Crippen LogP contribution < -0.4 is 21.7 Å². The molecule has 0 aliphatic rings. The first kappa shape index (κ1) is 29.0. The third-order valence-electron chi connectivity index (χ3n) is 4.11. The van der Waals surface area contributed by atoms with Gasteiger partial charge in [0, 0.05) is 12.2 Å². The topological polar surface area (TPSA) is 208 Å². The minimum atomic E-state index is -1.55. The van der Waals surface area contributed by atoms with Crippen LogP contribution in [0, 0.1) is 0 Å². The summed E-state index contributed by atoms with van der Waals surface area (Å²) in [5.74, 6) is -4.77. The molecule has 31 heavy (non-hydrogen) atoms. The number of thiol groups is 1. The second-order valence-electron chi connectivity index (χ2n) is 6.69. The van der Waals surface area contributed by atoms with Crippen molar-refractivity contribution in [3.8, 4) is 0 Å². The summed E-state index contributed by atoms with van der Waals surface area (Å²) in [6, 6.07) is -5.16. The molecule has 8 N–H and O–H groups in total. The Morgan fingerprint density at radius 2 is 1.55 bits per heavy atom. The molecule has 0 bridgehead atoms. The van der Waals surface area contributed by atoms with Crippen LogP contribution in [0.15, 0.2) is 0 Å². The second-order valence-corrected chi connectivity index (χ2v) is 8.04. The molecule has 0 aromatic rings. The van der Waals surface area contributed by atoms with Crippen LogP contribution in [0.5, 0.6) is 0 Å². The average molecular weight is 483 g/mol. The Kier molecular flexibility index (Phi) is 13.9. The van der Waals surface area contributed by atoms with Crippen molar-refractivity contribution in [1.29, 1.82) is 0 Å². The van der Waals surface area contributed by atoms with Gasteiger partial charge in [0.25, 0.3) is 0 Å². The third-order valence-corrected chi connectivity index (χ3v) is 5.12. The SMILES string of the molecule is CSCCC(N)C(=O)NC(CCC(=O)O)C(=O)NC(C(=O)NC(CS)C(=O)O)C(C)O. The van der Waals surface area contributed by atoms with Crippen LogP contribution >= 0.6 is 24.4 Å². The zero-order valence-corrected chi connectivity index (χ0v) is 18.9. The molecular formula is C17H30N4O8S2. The van der Waals surface area contributed by atoms with E-state index >= 15 is 0 Å². The number of hydrogen-bond acceptors (Lipinski definition) is 9. The summed E-state index contributed by atoms with van der Waals surface area (Å²) in [7, 11) is 0. The molecule has 0 heterocycles. The van der Waals surface area contributed by atoms with Gasteiger partial charge in [-0.15, -0.1) is 0 Å². The highest BCUT2D eigenvalue weighted by molar-refractivity contribution is 7.98. The molecule has 0 spiro atoms. The van der Waals surface area contributed by atoms with E-state index in [2.05, 4.69) is 28.6 Å². The van der Waals surface area contributed by atoms with Crippen LogP contribution in [0.2, 0.25) is 0 Å². The molecule has 0 aliphatic heterocycles. The first-order valence-electron chi connectivity index (χ1n) is 9.33. The molecule has 0 saturated carbocycles. The molecular weight excluding hydrogens is 452 g/mol. The highest BCUT2D eigenvalue weighted by atomic mass is 32.2. The summed E-state index contributed by atoms with van der Waals surface area (Å²) in [4.78, 5) is 59.2. The van der Waals surface area contributed by atoms with Crippen molar-refractivity contribution >= 4 is 54.1 Å². The third kappa shape index (κ3) is 11.2. The molecule has 0 radical (unpaired) electrons. The van der Waals surface area contributed by atoms with Gasteiger partial charge in [-0.3, -0.25) is 19.2 Å². The number of carboxylic acid groups (broad SMARTS) is 2. The van der Waals surface area contributed by atoms with Crippen LogP contribution in [0.25, 0.3) is 0 Å². The van der Waals surface area contributed by atoms with E-state index in [0.29, 0.717) is 12.2 Å². The summed E-state index contributed by atoms with van der Waals surface area (Å²) in [6.45, 7) is 1.20. The van der Waals surface area contributed by atoms with Crippen molar-refractivity contribution in [1.82, 2.24) is 16.0 Å². The molecule has 5 atom stereocenters. The first-order valence-corrected chi connectivity index (χ1v) is 11.4. The van der Waals surface area contributed by atoms with Gasteiger partial charge >= 0.3 is 11.9 Å². The number of aliphatic hydroxyl groups excluding tert-OH is 1. The first-order chi connectivity index (χ1) is 14.4. The van der Waals surface area contributed by atoms with E-state index in [1.807, 2.05) is 6.26 Å². The van der Waals surface area contributed by atoms with Crippen LogP contribution in [-0.2, 0) is 24.0 Å². The number of carbonyl (C=O) groups excluding carboxylic acids is 3. The quantitative estimate of drug-likeness (QED) is 0.118. The van der Waals surface area contributed by atoms with E-state index in [4.69, 9.17) is 15.9 Å². The fourth-order valence-electron chi connectivity index (χ4n) is 2.30. The average Bonchev–Trinajstić information content (AvgIpc) is 2.69. The normalized spacial score (nSPS) is 15.6. The number of aliphatic carboxylic acids is 2. The maximum absolute atomic E-state index is 12.7. The summed E-state index contributed by atoms with van der Waals surface area (Å²) < 4.78 is 0. The zero-order valence-electron chi connectivity index (χ0n) is 17.2. The van der Waals surface area contributed by atoms with Crippen molar-refractivity contribution < 1.29 is 39.3 Å². The summed E-state index contributed by atoms with van der Waals surface area (Å²) >= 11 is 5.29. The number of amides is 3. The van der Waals surface area contributed by atoms with Crippen LogP contribution in [0.3, 0.4) is 0 Å². The maximum atomic E-state index is 12.7. The fourth-order valence-corrected chi connectivity index (χ4v) is 3.03. The van der Waals surface area contributed by atoms with Crippen LogP contribution in [-0.4, -0.2) is 93.0 Å². The lowest BCUT2D eigenvalue weighted by molar-refractivity contribution is -0.142. The smallest absolute Gasteiger partial charge is 0.327 e. The minimum Gasteiger partial charge on any atom is -0.481 e. The number of aliphatic hydroxyl groups is 1. The van der Waals surface area contributed by atoms with Crippen LogP contribution in [0.1, 0.15) is 26.2 Å². The Morgan fingerprint density at radius 3 is 2.00 bits per heavy atom. The highest BCUT2D eigenvalue weighted by Gasteiger charge is 2.32. The van der Waals surface area contributed by atoms with E-state index in [1.165, 1.54) is 18.7 Å². The van der Waals surface area contributed by atoms with Gasteiger partial charge in [-0.2, -0.15) is 24.4 Å². The monoisotopic (exact) mass is 482 g/mol. The number of thioether (sulfide) groups is 1. The molecule has 0 saturated heterocycles. The van der Waals surface area contributed by atoms with E-state index in [0.717, 1.165) is 0 Å². The Bertz CT molecular complexity index is 650. The van der Waals surface area contributed by atoms with Crippen LogP contribution in [0.4, 0.5) is 0 Å². The number of carbonyl (C=O) groups is 5. The Labute approximate surface area is 189 Å². The highest BCUT2D eigenvalue weighted by Crippen LogP contribution is 2.04. The van der Waals surface area contributed by atoms with E-state index in [-0.39, 0.29) is 12.2 Å². The second kappa shape index (κ2) is 14.9. The van der Waals surface area contributed by atoms with Crippen molar-refractivity contribution in [2.45, 2.75) is 56.5 Å². The largest absolute Gasteiger partial charge is 0.481 e. The fraction of sp³-hybridized carbons (Fsp3) is 0.706. The van der Waals surface area contributed by atoms with Gasteiger partial charge in [0.2, 0.25) is 17.7 Å². The van der Waals surface area contributed by atoms with Crippen molar-refractivity contribution in [2.24, 2.45) is 5.73 Å². The molecule has 0 aromatic heterocycles. The lowest BCUT2D eigenvalue weighted by Crippen LogP contribution is -2.60. The molecule has 0 aliphatic carbocycles. The lowest BCUT2D eigenvalue weighted by Gasteiger charge is -2.26. The van der Waals surface area contributed by atoms with Gasteiger partial charge in [-0.05, 0) is 31.8 Å². The molecule has 5 unspecified atom stereocenters. The zero-order chi connectivity index (χ0) is 24.1. The Balaban J connectivity index is 5.35. The Morgan fingerprint density at radius 1 is 0.968 bits per heavy atom. The molecule has 12 nitrogen and oxygen atoms in total. The predicted octanol–water partition coefficient (Wildman–Crippen LogP) is -2.22. The molecule has 0 aromatic carbocycles. The molecule has 3 amide bonds. The molecule has 178 valence electrons. The van der Waals surface area contributed by atoms with Crippen molar-refractivity contribution in [2.75, 3.05) is 17.8 Å².